The third-order valence-electron chi connectivity index (χ3n) is 6.28. The highest BCUT2D eigenvalue weighted by Gasteiger charge is 2.32. The highest BCUT2D eigenvalue weighted by Crippen LogP contribution is 2.22. The molecule has 0 radical (unpaired) electrons. The normalized spacial score (nSPS) is 19.6. The fourth-order valence-corrected chi connectivity index (χ4v) is 4.56. The van der Waals surface area contributed by atoms with E-state index in [1.165, 1.54) is 11.3 Å². The predicted molar refractivity (Wildman–Crippen MR) is 119 cm³/mol. The van der Waals surface area contributed by atoms with Gasteiger partial charge in [0.25, 0.3) is 0 Å². The molecule has 2 aliphatic rings. The number of likely N-dealkylation sites (tertiary alicyclic amines) is 1. The highest BCUT2D eigenvalue weighted by molar-refractivity contribution is 5.82. The number of rotatable bonds is 4. The van der Waals surface area contributed by atoms with Crippen molar-refractivity contribution in [1.29, 1.82) is 0 Å². The van der Waals surface area contributed by atoms with E-state index in [9.17, 15) is 9.59 Å². The number of anilines is 1. The lowest BCUT2D eigenvalue weighted by Crippen LogP contribution is -2.53. The molecule has 2 saturated heterocycles. The molecule has 0 bridgehead atoms. The Labute approximate surface area is 179 Å². The number of hydrogen-bond acceptors (Lipinski definition) is 3. The molecule has 2 aromatic carbocycles. The molecule has 1 unspecified atom stereocenters. The average Bonchev–Trinajstić information content (AvgIpc) is 2.79. The van der Waals surface area contributed by atoms with Crippen molar-refractivity contribution in [2.75, 3.05) is 44.2 Å². The van der Waals surface area contributed by atoms with Gasteiger partial charge in [0.05, 0.1) is 12.3 Å². The van der Waals surface area contributed by atoms with Crippen LogP contribution >= 0.6 is 0 Å². The summed E-state index contributed by atoms with van der Waals surface area (Å²) in [5, 5.41) is 0. The van der Waals surface area contributed by atoms with Crippen molar-refractivity contribution in [3.63, 3.8) is 0 Å². The largest absolute Gasteiger partial charge is 0.368 e. The summed E-state index contributed by atoms with van der Waals surface area (Å²) >= 11 is 0. The van der Waals surface area contributed by atoms with Gasteiger partial charge in [0.15, 0.2) is 0 Å². The first-order valence-electron chi connectivity index (χ1n) is 11.0. The van der Waals surface area contributed by atoms with Crippen molar-refractivity contribution in [2.24, 2.45) is 5.92 Å². The third kappa shape index (κ3) is 4.84. The lowest BCUT2D eigenvalue weighted by molar-refractivity contribution is -0.140. The second-order valence-corrected chi connectivity index (χ2v) is 8.49. The zero-order chi connectivity index (χ0) is 20.9. The topological polar surface area (TPSA) is 43.9 Å². The monoisotopic (exact) mass is 405 g/mol. The molecule has 0 aliphatic carbocycles. The van der Waals surface area contributed by atoms with Crippen LogP contribution in [-0.2, 0) is 16.0 Å². The van der Waals surface area contributed by atoms with Crippen LogP contribution in [0.2, 0.25) is 0 Å². The van der Waals surface area contributed by atoms with Gasteiger partial charge in [0.1, 0.15) is 0 Å². The van der Waals surface area contributed by atoms with Gasteiger partial charge in [-0.05, 0) is 43.0 Å². The molecule has 30 heavy (non-hydrogen) atoms. The molecule has 0 spiro atoms. The quantitative estimate of drug-likeness (QED) is 0.785. The minimum Gasteiger partial charge on any atom is -0.368 e. The molecule has 2 aliphatic heterocycles. The predicted octanol–water partition coefficient (Wildman–Crippen LogP) is 3.12. The molecule has 0 saturated carbocycles. The second kappa shape index (κ2) is 9.33. The number of piperidine rings is 1. The van der Waals surface area contributed by atoms with E-state index in [4.69, 9.17) is 0 Å². The van der Waals surface area contributed by atoms with Crippen molar-refractivity contribution in [3.8, 4) is 0 Å². The van der Waals surface area contributed by atoms with Crippen LogP contribution in [0.1, 0.15) is 24.0 Å². The van der Waals surface area contributed by atoms with Crippen molar-refractivity contribution in [3.05, 3.63) is 65.7 Å². The zero-order valence-corrected chi connectivity index (χ0v) is 17.8. The van der Waals surface area contributed by atoms with Crippen LogP contribution in [-0.4, -0.2) is 60.9 Å². The Kier molecular flexibility index (Phi) is 6.36. The molecule has 5 nitrogen and oxygen atoms in total. The van der Waals surface area contributed by atoms with E-state index in [-0.39, 0.29) is 17.7 Å². The Morgan fingerprint density at radius 3 is 2.40 bits per heavy atom. The Hall–Kier alpha value is -2.82. The molecule has 0 N–H and O–H groups in total. The average molecular weight is 406 g/mol. The number of carbonyl (C=O) groups excluding carboxylic acids is 2. The summed E-state index contributed by atoms with van der Waals surface area (Å²) in [6.45, 7) is 6.65. The molecule has 2 heterocycles. The van der Waals surface area contributed by atoms with Crippen LogP contribution in [0.4, 0.5) is 5.69 Å². The minimum atomic E-state index is -0.0657. The Balaban J connectivity index is 1.31. The molecule has 2 amide bonds. The van der Waals surface area contributed by atoms with E-state index in [1.807, 2.05) is 40.1 Å². The fourth-order valence-electron chi connectivity index (χ4n) is 4.56. The number of benzene rings is 2. The van der Waals surface area contributed by atoms with Gasteiger partial charge in [-0.15, -0.1) is 0 Å². The molecule has 1 atom stereocenters. The maximum absolute atomic E-state index is 13.1. The van der Waals surface area contributed by atoms with E-state index in [1.54, 1.807) is 0 Å². The third-order valence-corrected chi connectivity index (χ3v) is 6.28. The maximum atomic E-state index is 13.1. The van der Waals surface area contributed by atoms with Crippen molar-refractivity contribution in [2.45, 2.75) is 26.2 Å². The molecule has 4 rings (SSSR count). The van der Waals surface area contributed by atoms with Gasteiger partial charge in [-0.25, -0.2) is 0 Å². The van der Waals surface area contributed by atoms with E-state index in [0.717, 1.165) is 51.1 Å². The first kappa shape index (κ1) is 20.5. The van der Waals surface area contributed by atoms with Crippen LogP contribution in [0.3, 0.4) is 0 Å². The second-order valence-electron chi connectivity index (χ2n) is 8.49. The van der Waals surface area contributed by atoms with Crippen molar-refractivity contribution in [1.82, 2.24) is 9.80 Å². The smallest absolute Gasteiger partial charge is 0.227 e. The first-order valence-corrected chi connectivity index (χ1v) is 11.0. The molecular formula is C25H31N3O2. The van der Waals surface area contributed by atoms with E-state index >= 15 is 0 Å². The lowest BCUT2D eigenvalue weighted by atomic mass is 9.95. The van der Waals surface area contributed by atoms with Crippen molar-refractivity contribution >= 4 is 17.5 Å². The highest BCUT2D eigenvalue weighted by atomic mass is 16.2. The zero-order valence-electron chi connectivity index (χ0n) is 17.8. The Morgan fingerprint density at radius 2 is 1.67 bits per heavy atom. The maximum Gasteiger partial charge on any atom is 0.227 e. The summed E-state index contributed by atoms with van der Waals surface area (Å²) in [5.74, 6) is 0.281. The number of amides is 2. The standard InChI is InChI=1S/C25H31N3O2/c1-20-7-5-11-23(17-20)26-13-15-27(16-14-26)25(30)22-10-6-12-28(19-22)24(29)18-21-8-3-2-4-9-21/h2-5,7-9,11,17,22H,6,10,12-16,18-19H2,1H3. The molecular weight excluding hydrogens is 374 g/mol. The van der Waals surface area contributed by atoms with Crippen LogP contribution < -0.4 is 4.90 Å². The first-order chi connectivity index (χ1) is 14.6. The lowest BCUT2D eigenvalue weighted by Gasteiger charge is -2.39. The van der Waals surface area contributed by atoms with Gasteiger partial charge in [-0.2, -0.15) is 0 Å². The Bertz CT molecular complexity index is 875. The number of carbonyl (C=O) groups is 2. The number of nitrogens with zero attached hydrogens (tertiary/aromatic N) is 3. The van der Waals surface area contributed by atoms with Crippen LogP contribution in [0.25, 0.3) is 0 Å². The summed E-state index contributed by atoms with van der Waals surface area (Å²) in [6, 6.07) is 18.4. The minimum absolute atomic E-state index is 0.0657. The van der Waals surface area contributed by atoms with Crippen LogP contribution in [0.5, 0.6) is 0 Å². The number of aryl methyl sites for hydroxylation is 1. The van der Waals surface area contributed by atoms with E-state index in [2.05, 4.69) is 36.1 Å². The molecule has 0 aromatic heterocycles. The summed E-state index contributed by atoms with van der Waals surface area (Å²) in [4.78, 5) is 32.1. The van der Waals surface area contributed by atoms with E-state index < -0.39 is 0 Å². The van der Waals surface area contributed by atoms with Crippen molar-refractivity contribution < 1.29 is 9.59 Å². The van der Waals surface area contributed by atoms with Gasteiger partial charge < -0.3 is 14.7 Å². The van der Waals surface area contributed by atoms with Crippen LogP contribution in [0, 0.1) is 12.8 Å². The van der Waals surface area contributed by atoms with Gasteiger partial charge in [-0.1, -0.05) is 42.5 Å². The summed E-state index contributed by atoms with van der Waals surface area (Å²) < 4.78 is 0. The number of piperazine rings is 1. The Morgan fingerprint density at radius 1 is 0.900 bits per heavy atom. The molecule has 5 heteroatoms. The SMILES string of the molecule is Cc1cccc(N2CCN(C(=O)C3CCCN(C(=O)Cc4ccccc4)C3)CC2)c1. The van der Waals surface area contributed by atoms with Gasteiger partial charge in [0.2, 0.25) is 11.8 Å². The molecule has 2 fully saturated rings. The summed E-state index contributed by atoms with van der Waals surface area (Å²) in [5.41, 5.74) is 3.52. The summed E-state index contributed by atoms with van der Waals surface area (Å²) in [6.07, 6.45) is 2.20. The van der Waals surface area contributed by atoms with Gasteiger partial charge in [-0.3, -0.25) is 9.59 Å². The molecule has 158 valence electrons. The van der Waals surface area contributed by atoms with Gasteiger partial charge in [0, 0.05) is 45.0 Å². The molecule has 2 aromatic rings. The van der Waals surface area contributed by atoms with Crippen LogP contribution in [0.15, 0.2) is 54.6 Å². The van der Waals surface area contributed by atoms with E-state index in [0.29, 0.717) is 13.0 Å². The summed E-state index contributed by atoms with van der Waals surface area (Å²) in [7, 11) is 0. The fraction of sp³-hybridized carbons (Fsp3) is 0.440. The number of hydrogen-bond donors (Lipinski definition) is 0. The van der Waals surface area contributed by atoms with Gasteiger partial charge >= 0.3 is 0 Å².